The number of carbonyl (C=O) groups excluding carboxylic acids is 1. The molecule has 0 aromatic heterocycles. The molecule has 7 heteroatoms. The largest absolute Gasteiger partial charge is 0.435 e. The van der Waals surface area contributed by atoms with Gasteiger partial charge in [0, 0.05) is 17.8 Å². The standard InChI is InChI=1S/C14H19F2N3O2/c1-19-7-5-10(6-8-19)17-14(20)18-11-3-2-4-12(9-11)21-13(15)16/h2-4,9-10,13H,5-8H2,1H3,(H2,17,18,20). The van der Waals surface area contributed by atoms with E-state index >= 15 is 0 Å². The van der Waals surface area contributed by atoms with Crippen LogP contribution < -0.4 is 15.4 Å². The molecule has 1 aliphatic rings. The van der Waals surface area contributed by atoms with Crippen LogP contribution in [-0.2, 0) is 0 Å². The van der Waals surface area contributed by atoms with Gasteiger partial charge in [0.05, 0.1) is 0 Å². The zero-order valence-electron chi connectivity index (χ0n) is 11.8. The van der Waals surface area contributed by atoms with Gasteiger partial charge in [0.1, 0.15) is 5.75 Å². The van der Waals surface area contributed by atoms with E-state index in [0.717, 1.165) is 25.9 Å². The van der Waals surface area contributed by atoms with Gasteiger partial charge in [-0.3, -0.25) is 0 Å². The molecular formula is C14H19F2N3O2. The highest BCUT2D eigenvalue weighted by molar-refractivity contribution is 5.89. The molecule has 0 saturated carbocycles. The zero-order chi connectivity index (χ0) is 15.2. The fourth-order valence-electron chi connectivity index (χ4n) is 2.26. The first-order valence-corrected chi connectivity index (χ1v) is 6.84. The summed E-state index contributed by atoms with van der Waals surface area (Å²) in [6.45, 7) is -0.987. The predicted octanol–water partition coefficient (Wildman–Crippen LogP) is 2.50. The number of benzene rings is 1. The highest BCUT2D eigenvalue weighted by atomic mass is 19.3. The molecule has 0 spiro atoms. The second-order valence-electron chi connectivity index (χ2n) is 5.08. The molecule has 1 aliphatic heterocycles. The summed E-state index contributed by atoms with van der Waals surface area (Å²) in [6, 6.07) is 5.74. The summed E-state index contributed by atoms with van der Waals surface area (Å²) in [7, 11) is 2.05. The van der Waals surface area contributed by atoms with Crippen molar-refractivity contribution in [3.05, 3.63) is 24.3 Å². The van der Waals surface area contributed by atoms with Gasteiger partial charge in [-0.25, -0.2) is 4.79 Å². The molecule has 1 saturated heterocycles. The van der Waals surface area contributed by atoms with Crippen molar-refractivity contribution in [1.29, 1.82) is 0 Å². The minimum Gasteiger partial charge on any atom is -0.435 e. The number of rotatable bonds is 4. The maximum Gasteiger partial charge on any atom is 0.387 e. The monoisotopic (exact) mass is 299 g/mol. The number of likely N-dealkylation sites (tertiary alicyclic amines) is 1. The van der Waals surface area contributed by atoms with E-state index in [2.05, 4.69) is 20.3 Å². The maximum atomic E-state index is 12.1. The molecule has 2 N–H and O–H groups in total. The van der Waals surface area contributed by atoms with E-state index in [1.165, 1.54) is 12.1 Å². The van der Waals surface area contributed by atoms with E-state index in [0.29, 0.717) is 5.69 Å². The average molecular weight is 299 g/mol. The van der Waals surface area contributed by atoms with Crippen LogP contribution in [0.1, 0.15) is 12.8 Å². The summed E-state index contributed by atoms with van der Waals surface area (Å²) in [4.78, 5) is 14.1. The normalized spacial score (nSPS) is 16.8. The van der Waals surface area contributed by atoms with Crippen LogP contribution in [0.25, 0.3) is 0 Å². The van der Waals surface area contributed by atoms with Gasteiger partial charge < -0.3 is 20.3 Å². The lowest BCUT2D eigenvalue weighted by molar-refractivity contribution is -0.0497. The Kier molecular flexibility index (Phi) is 5.32. The third kappa shape index (κ3) is 5.18. The Morgan fingerprint density at radius 3 is 2.76 bits per heavy atom. The van der Waals surface area contributed by atoms with Gasteiger partial charge in [0.15, 0.2) is 0 Å². The van der Waals surface area contributed by atoms with Crippen LogP contribution >= 0.6 is 0 Å². The summed E-state index contributed by atoms with van der Waals surface area (Å²) >= 11 is 0. The number of hydrogen-bond acceptors (Lipinski definition) is 3. The predicted molar refractivity (Wildman–Crippen MR) is 75.7 cm³/mol. The van der Waals surface area contributed by atoms with Gasteiger partial charge in [-0.1, -0.05) is 6.07 Å². The number of nitrogens with one attached hydrogen (secondary N) is 2. The number of urea groups is 1. The number of halogens is 2. The van der Waals surface area contributed by atoms with Crippen molar-refractivity contribution in [3.8, 4) is 5.75 Å². The van der Waals surface area contributed by atoms with Gasteiger partial charge in [0.25, 0.3) is 0 Å². The van der Waals surface area contributed by atoms with Crippen LogP contribution in [-0.4, -0.2) is 43.7 Å². The van der Waals surface area contributed by atoms with E-state index in [9.17, 15) is 13.6 Å². The molecule has 0 aliphatic carbocycles. The maximum absolute atomic E-state index is 12.1. The topological polar surface area (TPSA) is 53.6 Å². The van der Waals surface area contributed by atoms with Crippen molar-refractivity contribution < 1.29 is 18.3 Å². The minimum atomic E-state index is -2.88. The van der Waals surface area contributed by atoms with Crippen molar-refractivity contribution in [2.24, 2.45) is 0 Å². The number of nitrogens with zero attached hydrogens (tertiary/aromatic N) is 1. The highest BCUT2D eigenvalue weighted by Crippen LogP contribution is 2.19. The minimum absolute atomic E-state index is 0.0158. The third-order valence-corrected chi connectivity index (χ3v) is 3.37. The molecule has 116 valence electrons. The molecule has 2 rings (SSSR count). The molecule has 1 aromatic carbocycles. The molecule has 0 unspecified atom stereocenters. The molecule has 0 atom stereocenters. The second-order valence-corrected chi connectivity index (χ2v) is 5.08. The van der Waals surface area contributed by atoms with Crippen molar-refractivity contribution in [2.45, 2.75) is 25.5 Å². The first-order valence-electron chi connectivity index (χ1n) is 6.84. The molecule has 2 amide bonds. The summed E-state index contributed by atoms with van der Waals surface area (Å²) in [5.74, 6) is 0.0158. The SMILES string of the molecule is CN1CCC(NC(=O)Nc2cccc(OC(F)F)c2)CC1. The fourth-order valence-corrected chi connectivity index (χ4v) is 2.26. The van der Waals surface area contributed by atoms with Crippen LogP contribution in [0.4, 0.5) is 19.3 Å². The number of alkyl halides is 2. The van der Waals surface area contributed by atoms with Crippen LogP contribution in [0, 0.1) is 0 Å². The fraction of sp³-hybridized carbons (Fsp3) is 0.500. The van der Waals surface area contributed by atoms with Crippen molar-refractivity contribution in [1.82, 2.24) is 10.2 Å². The van der Waals surface area contributed by atoms with E-state index in [4.69, 9.17) is 0 Å². The van der Waals surface area contributed by atoms with E-state index in [1.807, 2.05) is 7.05 Å². The number of piperidine rings is 1. The molecule has 0 bridgehead atoms. The Hall–Kier alpha value is -1.89. The molecule has 1 aromatic rings. The number of amides is 2. The molecule has 5 nitrogen and oxygen atoms in total. The van der Waals surface area contributed by atoms with E-state index in [-0.39, 0.29) is 17.8 Å². The molecule has 0 radical (unpaired) electrons. The van der Waals surface area contributed by atoms with Crippen LogP contribution in [0.15, 0.2) is 24.3 Å². The Bertz CT molecular complexity index is 477. The smallest absolute Gasteiger partial charge is 0.387 e. The summed E-state index contributed by atoms with van der Waals surface area (Å²) in [6.07, 6.45) is 1.80. The lowest BCUT2D eigenvalue weighted by Gasteiger charge is -2.29. The van der Waals surface area contributed by atoms with Gasteiger partial charge >= 0.3 is 12.6 Å². The van der Waals surface area contributed by atoms with Crippen LogP contribution in [0.3, 0.4) is 0 Å². The number of carbonyl (C=O) groups is 1. The average Bonchev–Trinajstić information content (AvgIpc) is 2.41. The highest BCUT2D eigenvalue weighted by Gasteiger charge is 2.18. The molecule has 21 heavy (non-hydrogen) atoms. The number of ether oxygens (including phenoxy) is 1. The van der Waals surface area contributed by atoms with Gasteiger partial charge in [-0.05, 0) is 45.1 Å². The van der Waals surface area contributed by atoms with E-state index in [1.54, 1.807) is 12.1 Å². The van der Waals surface area contributed by atoms with Crippen molar-refractivity contribution in [2.75, 3.05) is 25.5 Å². The summed E-state index contributed by atoms with van der Waals surface area (Å²) in [5, 5.41) is 5.51. The quantitative estimate of drug-likeness (QED) is 0.898. The van der Waals surface area contributed by atoms with E-state index < -0.39 is 6.61 Å². The molecule has 1 heterocycles. The van der Waals surface area contributed by atoms with Gasteiger partial charge in [-0.2, -0.15) is 8.78 Å². The zero-order valence-corrected chi connectivity index (χ0v) is 11.8. The Morgan fingerprint density at radius 1 is 1.38 bits per heavy atom. The molecule has 1 fully saturated rings. The number of anilines is 1. The third-order valence-electron chi connectivity index (χ3n) is 3.37. The van der Waals surface area contributed by atoms with Crippen molar-refractivity contribution >= 4 is 11.7 Å². The first kappa shape index (κ1) is 15.5. The summed E-state index contributed by atoms with van der Waals surface area (Å²) < 4.78 is 28.5. The summed E-state index contributed by atoms with van der Waals surface area (Å²) in [5.41, 5.74) is 0.415. The van der Waals surface area contributed by atoms with Gasteiger partial charge in [-0.15, -0.1) is 0 Å². The second kappa shape index (κ2) is 7.21. The molecular weight excluding hydrogens is 280 g/mol. The number of hydrogen-bond donors (Lipinski definition) is 2. The van der Waals surface area contributed by atoms with Crippen molar-refractivity contribution in [3.63, 3.8) is 0 Å². The van der Waals surface area contributed by atoms with Crippen LogP contribution in [0.2, 0.25) is 0 Å². The lowest BCUT2D eigenvalue weighted by atomic mass is 10.1. The Labute approximate surface area is 122 Å². The lowest BCUT2D eigenvalue weighted by Crippen LogP contribution is -2.44. The Morgan fingerprint density at radius 2 is 2.10 bits per heavy atom. The Balaban J connectivity index is 1.84. The van der Waals surface area contributed by atoms with Gasteiger partial charge in [0.2, 0.25) is 0 Å². The first-order chi connectivity index (χ1) is 10.0. The van der Waals surface area contributed by atoms with Crippen LogP contribution in [0.5, 0.6) is 5.75 Å².